The molecular formula is C21H31N3O3. The van der Waals surface area contributed by atoms with E-state index < -0.39 is 0 Å². The van der Waals surface area contributed by atoms with Gasteiger partial charge in [-0.05, 0) is 30.5 Å². The highest BCUT2D eigenvalue weighted by atomic mass is 16.5. The molecule has 1 aliphatic heterocycles. The first kappa shape index (κ1) is 19.5. The Morgan fingerprint density at radius 1 is 1.30 bits per heavy atom. The Labute approximate surface area is 161 Å². The SMILES string of the molecule is COc1ccc(C2(CNC(=O)N(C)CC3CC(=O)N(C)C3)CCCC2)cc1. The minimum atomic E-state index is -0.0585. The van der Waals surface area contributed by atoms with Gasteiger partial charge < -0.3 is 19.9 Å². The van der Waals surface area contributed by atoms with Crippen LogP contribution in [0.3, 0.4) is 0 Å². The molecule has 2 aliphatic rings. The highest BCUT2D eigenvalue weighted by molar-refractivity contribution is 5.78. The topological polar surface area (TPSA) is 61.9 Å². The maximum absolute atomic E-state index is 12.6. The lowest BCUT2D eigenvalue weighted by Gasteiger charge is -2.31. The number of benzene rings is 1. The average Bonchev–Trinajstić information content (AvgIpc) is 3.27. The molecular weight excluding hydrogens is 342 g/mol. The number of carbonyl (C=O) groups excluding carboxylic acids is 2. The number of likely N-dealkylation sites (tertiary alicyclic amines) is 1. The van der Waals surface area contributed by atoms with Crippen molar-refractivity contribution in [2.24, 2.45) is 5.92 Å². The van der Waals surface area contributed by atoms with Crippen LogP contribution in [0.4, 0.5) is 4.79 Å². The molecule has 0 radical (unpaired) electrons. The number of rotatable bonds is 6. The molecule has 148 valence electrons. The van der Waals surface area contributed by atoms with Gasteiger partial charge in [-0.2, -0.15) is 0 Å². The summed E-state index contributed by atoms with van der Waals surface area (Å²) in [7, 11) is 5.31. The van der Waals surface area contributed by atoms with Gasteiger partial charge in [-0.3, -0.25) is 4.79 Å². The molecule has 0 bridgehead atoms. The summed E-state index contributed by atoms with van der Waals surface area (Å²) >= 11 is 0. The third-order valence-corrected chi connectivity index (χ3v) is 6.14. The molecule has 1 saturated heterocycles. The first-order chi connectivity index (χ1) is 12.9. The van der Waals surface area contributed by atoms with Crippen molar-refractivity contribution in [2.45, 2.75) is 37.5 Å². The van der Waals surface area contributed by atoms with E-state index in [1.54, 1.807) is 16.9 Å². The predicted octanol–water partition coefficient (Wildman–Crippen LogP) is 2.63. The number of carbonyl (C=O) groups is 2. The van der Waals surface area contributed by atoms with Crippen molar-refractivity contribution in [1.29, 1.82) is 0 Å². The molecule has 0 spiro atoms. The van der Waals surface area contributed by atoms with Crippen LogP contribution in [-0.2, 0) is 10.2 Å². The van der Waals surface area contributed by atoms with Gasteiger partial charge in [0.1, 0.15) is 5.75 Å². The van der Waals surface area contributed by atoms with E-state index in [1.807, 2.05) is 26.2 Å². The first-order valence-corrected chi connectivity index (χ1v) is 9.81. The van der Waals surface area contributed by atoms with E-state index in [1.165, 1.54) is 18.4 Å². The van der Waals surface area contributed by atoms with Gasteiger partial charge in [0.25, 0.3) is 0 Å². The van der Waals surface area contributed by atoms with E-state index in [4.69, 9.17) is 4.74 Å². The van der Waals surface area contributed by atoms with Gasteiger partial charge in [-0.1, -0.05) is 25.0 Å². The summed E-state index contributed by atoms with van der Waals surface area (Å²) in [5.74, 6) is 1.24. The quantitative estimate of drug-likeness (QED) is 0.834. The second-order valence-corrected chi connectivity index (χ2v) is 8.10. The number of hydrogen-bond acceptors (Lipinski definition) is 3. The molecule has 1 aliphatic carbocycles. The van der Waals surface area contributed by atoms with Crippen molar-refractivity contribution < 1.29 is 14.3 Å². The minimum Gasteiger partial charge on any atom is -0.497 e. The lowest BCUT2D eigenvalue weighted by Crippen LogP contribution is -2.45. The van der Waals surface area contributed by atoms with Crippen LogP contribution in [0, 0.1) is 5.92 Å². The van der Waals surface area contributed by atoms with Gasteiger partial charge in [-0.25, -0.2) is 4.79 Å². The van der Waals surface area contributed by atoms with Crippen molar-refractivity contribution in [3.05, 3.63) is 29.8 Å². The molecule has 0 aromatic heterocycles. The number of urea groups is 1. The minimum absolute atomic E-state index is 0.00626. The average molecular weight is 373 g/mol. The number of amides is 3. The Balaban J connectivity index is 1.58. The smallest absolute Gasteiger partial charge is 0.317 e. The fourth-order valence-electron chi connectivity index (χ4n) is 4.49. The van der Waals surface area contributed by atoms with Crippen LogP contribution in [0.2, 0.25) is 0 Å². The summed E-state index contributed by atoms with van der Waals surface area (Å²) in [6.45, 7) is 1.98. The van der Waals surface area contributed by atoms with Crippen LogP contribution >= 0.6 is 0 Å². The number of ether oxygens (including phenoxy) is 1. The molecule has 1 aromatic rings. The van der Waals surface area contributed by atoms with Gasteiger partial charge in [0, 0.05) is 51.5 Å². The van der Waals surface area contributed by atoms with Crippen molar-refractivity contribution in [1.82, 2.24) is 15.1 Å². The highest BCUT2D eigenvalue weighted by Crippen LogP contribution is 2.41. The summed E-state index contributed by atoms with van der Waals surface area (Å²) in [6.07, 6.45) is 5.09. The van der Waals surface area contributed by atoms with E-state index in [0.717, 1.165) is 25.1 Å². The van der Waals surface area contributed by atoms with Gasteiger partial charge in [-0.15, -0.1) is 0 Å². The summed E-state index contributed by atoms with van der Waals surface area (Å²) in [5, 5.41) is 3.15. The third kappa shape index (κ3) is 4.37. The van der Waals surface area contributed by atoms with Gasteiger partial charge in [0.2, 0.25) is 5.91 Å². The van der Waals surface area contributed by atoms with E-state index >= 15 is 0 Å². The second-order valence-electron chi connectivity index (χ2n) is 8.10. The number of nitrogens with zero attached hydrogens (tertiary/aromatic N) is 2. The van der Waals surface area contributed by atoms with E-state index in [-0.39, 0.29) is 23.3 Å². The molecule has 1 N–H and O–H groups in total. The number of nitrogens with one attached hydrogen (secondary N) is 1. The second kappa shape index (κ2) is 8.19. The fraction of sp³-hybridized carbons (Fsp3) is 0.619. The predicted molar refractivity (Wildman–Crippen MR) is 105 cm³/mol. The maximum Gasteiger partial charge on any atom is 0.317 e. The van der Waals surface area contributed by atoms with Crippen LogP contribution in [0.1, 0.15) is 37.7 Å². The third-order valence-electron chi connectivity index (χ3n) is 6.14. The number of hydrogen-bond donors (Lipinski definition) is 1. The van der Waals surface area contributed by atoms with Gasteiger partial charge in [0.05, 0.1) is 7.11 Å². The lowest BCUT2D eigenvalue weighted by molar-refractivity contribution is -0.126. The van der Waals surface area contributed by atoms with Crippen molar-refractivity contribution >= 4 is 11.9 Å². The molecule has 1 atom stereocenters. The Morgan fingerprint density at radius 3 is 2.52 bits per heavy atom. The standard InChI is InChI=1S/C21H31N3O3/c1-23-13-16(12-19(23)25)14-24(2)20(26)22-15-21(10-4-5-11-21)17-6-8-18(27-3)9-7-17/h6-9,16H,4-5,10-15H2,1-3H3,(H,22,26). The zero-order valence-corrected chi connectivity index (χ0v) is 16.7. The Morgan fingerprint density at radius 2 is 1.96 bits per heavy atom. The fourth-order valence-corrected chi connectivity index (χ4v) is 4.49. The Bertz CT molecular complexity index is 668. The van der Waals surface area contributed by atoms with E-state index in [2.05, 4.69) is 17.4 Å². The monoisotopic (exact) mass is 373 g/mol. The zero-order valence-electron chi connectivity index (χ0n) is 16.7. The summed E-state index contributed by atoms with van der Waals surface area (Å²) < 4.78 is 5.27. The normalized spacial score (nSPS) is 21.4. The maximum atomic E-state index is 12.6. The molecule has 3 rings (SSSR count). The summed E-state index contributed by atoms with van der Waals surface area (Å²) in [6, 6.07) is 8.19. The van der Waals surface area contributed by atoms with Crippen molar-refractivity contribution in [3.63, 3.8) is 0 Å². The Kier molecular flexibility index (Phi) is 5.92. The molecule has 1 aromatic carbocycles. The number of methoxy groups -OCH3 is 1. The van der Waals surface area contributed by atoms with Crippen LogP contribution in [-0.4, -0.2) is 62.6 Å². The van der Waals surface area contributed by atoms with Crippen molar-refractivity contribution in [2.75, 3.05) is 40.8 Å². The highest BCUT2D eigenvalue weighted by Gasteiger charge is 2.36. The lowest BCUT2D eigenvalue weighted by atomic mass is 9.79. The summed E-state index contributed by atoms with van der Waals surface area (Å²) in [5.41, 5.74) is 1.28. The van der Waals surface area contributed by atoms with E-state index in [9.17, 15) is 9.59 Å². The molecule has 6 nitrogen and oxygen atoms in total. The van der Waals surface area contributed by atoms with Crippen molar-refractivity contribution in [3.8, 4) is 5.75 Å². The van der Waals surface area contributed by atoms with Crippen LogP contribution in [0.15, 0.2) is 24.3 Å². The van der Waals surface area contributed by atoms with Gasteiger partial charge in [0.15, 0.2) is 0 Å². The molecule has 6 heteroatoms. The zero-order chi connectivity index (χ0) is 19.4. The molecule has 27 heavy (non-hydrogen) atoms. The summed E-state index contributed by atoms with van der Waals surface area (Å²) in [4.78, 5) is 27.8. The van der Waals surface area contributed by atoms with Crippen LogP contribution in [0.5, 0.6) is 5.75 Å². The van der Waals surface area contributed by atoms with Crippen LogP contribution < -0.4 is 10.1 Å². The Hall–Kier alpha value is -2.24. The largest absolute Gasteiger partial charge is 0.497 e. The molecule has 1 heterocycles. The first-order valence-electron chi connectivity index (χ1n) is 9.81. The molecule has 2 fully saturated rings. The molecule has 1 unspecified atom stereocenters. The van der Waals surface area contributed by atoms with Gasteiger partial charge >= 0.3 is 6.03 Å². The molecule has 3 amide bonds. The molecule has 1 saturated carbocycles. The van der Waals surface area contributed by atoms with Crippen LogP contribution in [0.25, 0.3) is 0 Å². The van der Waals surface area contributed by atoms with E-state index in [0.29, 0.717) is 19.5 Å².